The van der Waals surface area contributed by atoms with Crippen LogP contribution in [0.25, 0.3) is 0 Å². The molecule has 8 heteroatoms. The Balaban J connectivity index is 1.51. The first-order valence-electron chi connectivity index (χ1n) is 11.3. The molecule has 2 aliphatic rings. The fraction of sp³-hybridized carbons (Fsp3) is 0.542. The molecule has 1 atom stereocenters. The van der Waals surface area contributed by atoms with Crippen molar-refractivity contribution >= 4 is 11.9 Å². The van der Waals surface area contributed by atoms with Crippen LogP contribution < -0.4 is 5.32 Å². The van der Waals surface area contributed by atoms with Crippen molar-refractivity contribution in [2.75, 3.05) is 26.4 Å². The Morgan fingerprint density at radius 3 is 2.81 bits per heavy atom. The van der Waals surface area contributed by atoms with E-state index in [0.717, 1.165) is 30.5 Å². The molecule has 0 saturated carbocycles. The minimum absolute atomic E-state index is 0.0178. The third-order valence-electron chi connectivity index (χ3n) is 6.51. The smallest absolute Gasteiger partial charge is 0.341 e. The molecule has 3 heterocycles. The summed E-state index contributed by atoms with van der Waals surface area (Å²) < 4.78 is 26.5. The number of fused-ring (bicyclic) bond motifs is 1. The van der Waals surface area contributed by atoms with E-state index in [4.69, 9.17) is 14.6 Å². The van der Waals surface area contributed by atoms with Crippen molar-refractivity contribution in [3.63, 3.8) is 0 Å². The SMILES string of the molecule is CCn1nc(CC(C)COC(=O)c2ccccc2F)c2c1C(=O)NCC1(CCOCC1)C2. The number of esters is 1. The van der Waals surface area contributed by atoms with Crippen LogP contribution in [0.2, 0.25) is 0 Å². The molecular formula is C24H30FN3O4. The number of amides is 1. The fourth-order valence-corrected chi connectivity index (χ4v) is 4.64. The lowest BCUT2D eigenvalue weighted by atomic mass is 9.75. The van der Waals surface area contributed by atoms with E-state index >= 15 is 0 Å². The van der Waals surface area contributed by atoms with Crippen molar-refractivity contribution in [1.29, 1.82) is 0 Å². The van der Waals surface area contributed by atoms with Gasteiger partial charge >= 0.3 is 5.97 Å². The summed E-state index contributed by atoms with van der Waals surface area (Å²) in [4.78, 5) is 25.2. The molecule has 2 aromatic rings. The van der Waals surface area contributed by atoms with E-state index < -0.39 is 11.8 Å². The van der Waals surface area contributed by atoms with Crippen molar-refractivity contribution in [1.82, 2.24) is 15.1 Å². The summed E-state index contributed by atoms with van der Waals surface area (Å²) in [6.07, 6.45) is 3.15. The van der Waals surface area contributed by atoms with Crippen molar-refractivity contribution < 1.29 is 23.5 Å². The second-order valence-corrected chi connectivity index (χ2v) is 8.95. The normalized spacial score (nSPS) is 18.5. The van der Waals surface area contributed by atoms with Crippen molar-refractivity contribution in [2.24, 2.45) is 11.3 Å². The fourth-order valence-electron chi connectivity index (χ4n) is 4.64. The van der Waals surface area contributed by atoms with E-state index in [-0.39, 0.29) is 29.4 Å². The zero-order valence-electron chi connectivity index (χ0n) is 18.7. The Hall–Kier alpha value is -2.74. The average Bonchev–Trinajstić information content (AvgIpc) is 3.06. The van der Waals surface area contributed by atoms with Gasteiger partial charge in [-0.1, -0.05) is 19.1 Å². The maximum Gasteiger partial charge on any atom is 0.341 e. The van der Waals surface area contributed by atoms with Crippen LogP contribution in [0.15, 0.2) is 24.3 Å². The van der Waals surface area contributed by atoms with Gasteiger partial charge in [0.05, 0.1) is 17.9 Å². The van der Waals surface area contributed by atoms with Crippen LogP contribution in [-0.4, -0.2) is 48.0 Å². The van der Waals surface area contributed by atoms with Crippen LogP contribution in [-0.2, 0) is 28.9 Å². The van der Waals surface area contributed by atoms with Crippen LogP contribution >= 0.6 is 0 Å². The second kappa shape index (κ2) is 9.40. The van der Waals surface area contributed by atoms with Gasteiger partial charge in [-0.25, -0.2) is 9.18 Å². The number of carbonyl (C=O) groups excluding carboxylic acids is 2. The number of carbonyl (C=O) groups is 2. The van der Waals surface area contributed by atoms with E-state index in [1.165, 1.54) is 18.2 Å². The highest BCUT2D eigenvalue weighted by molar-refractivity contribution is 5.94. The van der Waals surface area contributed by atoms with Crippen LogP contribution in [0.5, 0.6) is 0 Å². The maximum atomic E-state index is 13.8. The second-order valence-electron chi connectivity index (χ2n) is 8.95. The molecule has 1 amide bonds. The number of aromatic nitrogens is 2. The van der Waals surface area contributed by atoms with E-state index in [1.54, 1.807) is 10.7 Å². The van der Waals surface area contributed by atoms with Gasteiger partial charge < -0.3 is 14.8 Å². The number of halogens is 1. The van der Waals surface area contributed by atoms with Gasteiger partial charge in [0.15, 0.2) is 0 Å². The molecule has 4 rings (SSSR count). The van der Waals surface area contributed by atoms with Gasteiger partial charge in [0.2, 0.25) is 0 Å². The van der Waals surface area contributed by atoms with Gasteiger partial charge in [0.1, 0.15) is 11.5 Å². The molecule has 1 aromatic carbocycles. The molecule has 1 fully saturated rings. The summed E-state index contributed by atoms with van der Waals surface area (Å²) in [6.45, 7) is 6.72. The largest absolute Gasteiger partial charge is 0.462 e. The summed E-state index contributed by atoms with van der Waals surface area (Å²) in [5, 5.41) is 7.85. The highest BCUT2D eigenvalue weighted by Gasteiger charge is 2.39. The highest BCUT2D eigenvalue weighted by Crippen LogP contribution is 2.38. The third-order valence-corrected chi connectivity index (χ3v) is 6.51. The zero-order chi connectivity index (χ0) is 22.7. The van der Waals surface area contributed by atoms with Crippen LogP contribution in [0.4, 0.5) is 4.39 Å². The maximum absolute atomic E-state index is 13.8. The first kappa shape index (κ1) is 22.5. The van der Waals surface area contributed by atoms with Crippen LogP contribution in [0.1, 0.15) is 58.8 Å². The first-order valence-corrected chi connectivity index (χ1v) is 11.3. The summed E-state index contributed by atoms with van der Waals surface area (Å²) >= 11 is 0. The van der Waals surface area contributed by atoms with E-state index in [2.05, 4.69) is 5.32 Å². The Morgan fingerprint density at radius 2 is 2.09 bits per heavy atom. The lowest BCUT2D eigenvalue weighted by Crippen LogP contribution is -2.40. The summed E-state index contributed by atoms with van der Waals surface area (Å²) in [6, 6.07) is 5.79. The molecule has 32 heavy (non-hydrogen) atoms. The average molecular weight is 444 g/mol. The number of nitrogens with zero attached hydrogens (tertiary/aromatic N) is 2. The third kappa shape index (κ3) is 4.55. The number of aryl methyl sites for hydroxylation is 1. The highest BCUT2D eigenvalue weighted by atomic mass is 19.1. The summed E-state index contributed by atoms with van der Waals surface area (Å²) in [7, 11) is 0. The topological polar surface area (TPSA) is 82.5 Å². The molecule has 2 aliphatic heterocycles. The predicted molar refractivity (Wildman–Crippen MR) is 116 cm³/mol. The number of rotatable bonds is 6. The minimum atomic E-state index is -0.673. The predicted octanol–water partition coefficient (Wildman–Crippen LogP) is 3.16. The number of benzene rings is 1. The Kier molecular flexibility index (Phi) is 6.60. The van der Waals surface area contributed by atoms with Crippen molar-refractivity contribution in [3.8, 4) is 0 Å². The first-order chi connectivity index (χ1) is 15.4. The lowest BCUT2D eigenvalue weighted by molar-refractivity contribution is 0.0160. The molecule has 172 valence electrons. The zero-order valence-corrected chi connectivity index (χ0v) is 18.7. The van der Waals surface area contributed by atoms with Crippen LogP contribution in [0.3, 0.4) is 0 Å². The molecule has 0 aliphatic carbocycles. The van der Waals surface area contributed by atoms with E-state index in [1.807, 2.05) is 13.8 Å². The van der Waals surface area contributed by atoms with Gasteiger partial charge in [0, 0.05) is 31.9 Å². The van der Waals surface area contributed by atoms with Gasteiger partial charge in [-0.15, -0.1) is 0 Å². The summed E-state index contributed by atoms with van der Waals surface area (Å²) in [5.41, 5.74) is 2.43. The van der Waals surface area contributed by atoms with E-state index in [0.29, 0.717) is 38.4 Å². The molecule has 0 radical (unpaired) electrons. The van der Waals surface area contributed by atoms with Crippen LogP contribution in [0, 0.1) is 17.2 Å². The quantitative estimate of drug-likeness (QED) is 0.694. The van der Waals surface area contributed by atoms with Gasteiger partial charge in [0.25, 0.3) is 5.91 Å². The number of ether oxygens (including phenoxy) is 2. The van der Waals surface area contributed by atoms with Gasteiger partial charge in [-0.3, -0.25) is 9.48 Å². The molecule has 1 N–H and O–H groups in total. The molecule has 1 unspecified atom stereocenters. The molecule has 0 bridgehead atoms. The van der Waals surface area contributed by atoms with Gasteiger partial charge in [-0.2, -0.15) is 5.10 Å². The van der Waals surface area contributed by atoms with E-state index in [9.17, 15) is 14.0 Å². The number of hydrogen-bond donors (Lipinski definition) is 1. The molecule has 1 aromatic heterocycles. The minimum Gasteiger partial charge on any atom is -0.462 e. The Morgan fingerprint density at radius 1 is 1.34 bits per heavy atom. The van der Waals surface area contributed by atoms with Gasteiger partial charge in [-0.05, 0) is 56.1 Å². The van der Waals surface area contributed by atoms with Crippen molar-refractivity contribution in [2.45, 2.75) is 46.1 Å². The number of hydrogen-bond acceptors (Lipinski definition) is 5. The molecule has 7 nitrogen and oxygen atoms in total. The Labute approximate surface area is 187 Å². The lowest BCUT2D eigenvalue weighted by Gasteiger charge is -2.36. The standard InChI is InChI=1S/C24H30FN3O4/c1-3-28-21-18(13-24(15-26-22(21)29)8-10-31-11-9-24)20(27-28)12-16(2)14-32-23(30)17-6-4-5-7-19(17)25/h4-7,16H,3,8-15H2,1-2H3,(H,26,29). The Bertz CT molecular complexity index is 997. The monoisotopic (exact) mass is 443 g/mol. The summed E-state index contributed by atoms with van der Waals surface area (Å²) in [5.74, 6) is -1.38. The molecular weight excluding hydrogens is 413 g/mol. The molecule has 1 spiro atoms. The molecule has 1 saturated heterocycles. The number of nitrogens with one attached hydrogen (secondary N) is 1. The van der Waals surface area contributed by atoms with Crippen molar-refractivity contribution in [3.05, 3.63) is 52.6 Å².